The lowest BCUT2D eigenvalue weighted by Gasteiger charge is -2.02. The zero-order valence-corrected chi connectivity index (χ0v) is 7.50. The molecule has 1 heterocycles. The Hall–Kier alpha value is -1.18. The molecule has 0 atom stereocenters. The molecular formula is C10H13NO. The minimum Gasteiger partial charge on any atom is -0.294 e. The van der Waals surface area contributed by atoms with E-state index in [1.54, 1.807) is 19.3 Å². The van der Waals surface area contributed by atoms with Crippen LogP contribution in [0.1, 0.15) is 36.2 Å². The number of aryl methyl sites for hydroxylation is 1. The van der Waals surface area contributed by atoms with Crippen molar-refractivity contribution in [2.75, 3.05) is 0 Å². The van der Waals surface area contributed by atoms with Crippen molar-refractivity contribution in [1.82, 2.24) is 4.98 Å². The van der Waals surface area contributed by atoms with Crippen LogP contribution in [0, 0.1) is 0 Å². The van der Waals surface area contributed by atoms with Gasteiger partial charge in [0.25, 0.3) is 0 Å². The van der Waals surface area contributed by atoms with Gasteiger partial charge in [-0.1, -0.05) is 13.3 Å². The number of rotatable bonds is 3. The molecule has 0 aliphatic carbocycles. The molecule has 0 amide bonds. The maximum absolute atomic E-state index is 11.1. The number of carbonyl (C=O) groups is 1. The summed E-state index contributed by atoms with van der Waals surface area (Å²) in [6.07, 6.45) is 5.40. The summed E-state index contributed by atoms with van der Waals surface area (Å²) in [6.45, 7) is 3.68. The van der Waals surface area contributed by atoms with Crippen LogP contribution < -0.4 is 0 Å². The summed E-state index contributed by atoms with van der Waals surface area (Å²) in [4.78, 5) is 15.0. The number of aromatic nitrogens is 1. The Kier molecular flexibility index (Phi) is 2.97. The molecule has 0 unspecified atom stereocenters. The Morgan fingerprint density at radius 1 is 1.58 bits per heavy atom. The smallest absolute Gasteiger partial charge is 0.161 e. The van der Waals surface area contributed by atoms with Crippen LogP contribution in [0.5, 0.6) is 0 Å². The summed E-state index contributed by atoms with van der Waals surface area (Å²) in [5.74, 6) is 0.103. The third-order valence-electron chi connectivity index (χ3n) is 1.81. The van der Waals surface area contributed by atoms with E-state index >= 15 is 0 Å². The average molecular weight is 163 g/mol. The predicted molar refractivity (Wildman–Crippen MR) is 48.2 cm³/mol. The van der Waals surface area contributed by atoms with Crippen molar-refractivity contribution in [1.29, 1.82) is 0 Å². The first-order chi connectivity index (χ1) is 5.75. The molecule has 2 heteroatoms. The van der Waals surface area contributed by atoms with Crippen molar-refractivity contribution >= 4 is 5.78 Å². The lowest BCUT2D eigenvalue weighted by molar-refractivity contribution is 0.101. The SMILES string of the molecule is CCCc1ccncc1C(C)=O. The van der Waals surface area contributed by atoms with Gasteiger partial charge in [-0.15, -0.1) is 0 Å². The fraction of sp³-hybridized carbons (Fsp3) is 0.400. The lowest BCUT2D eigenvalue weighted by atomic mass is 10.0. The first-order valence-corrected chi connectivity index (χ1v) is 4.19. The molecule has 0 aromatic carbocycles. The molecule has 0 N–H and O–H groups in total. The fourth-order valence-corrected chi connectivity index (χ4v) is 1.23. The van der Waals surface area contributed by atoms with Gasteiger partial charge in [0.05, 0.1) is 0 Å². The normalized spacial score (nSPS) is 9.83. The van der Waals surface area contributed by atoms with Crippen molar-refractivity contribution < 1.29 is 4.79 Å². The monoisotopic (exact) mass is 163 g/mol. The number of Topliss-reactive ketones (excluding diaryl/α,β-unsaturated/α-hetero) is 1. The van der Waals surface area contributed by atoms with Gasteiger partial charge in [-0.3, -0.25) is 9.78 Å². The van der Waals surface area contributed by atoms with E-state index in [4.69, 9.17) is 0 Å². The third kappa shape index (κ3) is 1.91. The van der Waals surface area contributed by atoms with Gasteiger partial charge in [0.15, 0.2) is 5.78 Å². The van der Waals surface area contributed by atoms with Crippen LogP contribution in [0.25, 0.3) is 0 Å². The number of carbonyl (C=O) groups excluding carboxylic acids is 1. The first kappa shape index (κ1) is 8.91. The Bertz CT molecular complexity index is 281. The zero-order chi connectivity index (χ0) is 8.97. The van der Waals surface area contributed by atoms with E-state index in [1.807, 2.05) is 6.07 Å². The number of pyridine rings is 1. The van der Waals surface area contributed by atoms with Crippen LogP contribution in [0.2, 0.25) is 0 Å². The fourth-order valence-electron chi connectivity index (χ4n) is 1.23. The van der Waals surface area contributed by atoms with Gasteiger partial charge in [-0.2, -0.15) is 0 Å². The highest BCUT2D eigenvalue weighted by Crippen LogP contribution is 2.09. The van der Waals surface area contributed by atoms with Crippen molar-refractivity contribution in [2.45, 2.75) is 26.7 Å². The molecule has 0 saturated carbocycles. The van der Waals surface area contributed by atoms with E-state index in [0.29, 0.717) is 0 Å². The first-order valence-electron chi connectivity index (χ1n) is 4.19. The average Bonchev–Trinajstić information content (AvgIpc) is 2.05. The van der Waals surface area contributed by atoms with Gasteiger partial charge in [-0.25, -0.2) is 0 Å². The number of hydrogen-bond donors (Lipinski definition) is 0. The van der Waals surface area contributed by atoms with E-state index in [1.165, 1.54) is 0 Å². The summed E-state index contributed by atoms with van der Waals surface area (Å²) in [5, 5.41) is 0. The summed E-state index contributed by atoms with van der Waals surface area (Å²) in [5.41, 5.74) is 1.87. The number of hydrogen-bond acceptors (Lipinski definition) is 2. The van der Waals surface area contributed by atoms with Gasteiger partial charge in [0.2, 0.25) is 0 Å². The summed E-state index contributed by atoms with van der Waals surface area (Å²) in [6, 6.07) is 1.92. The van der Waals surface area contributed by atoms with E-state index in [-0.39, 0.29) is 5.78 Å². The molecule has 0 radical (unpaired) electrons. The van der Waals surface area contributed by atoms with Gasteiger partial charge in [0.1, 0.15) is 0 Å². The van der Waals surface area contributed by atoms with Gasteiger partial charge in [-0.05, 0) is 25.0 Å². The molecule has 0 bridgehead atoms. The minimum absolute atomic E-state index is 0.103. The molecule has 0 aliphatic rings. The second kappa shape index (κ2) is 4.00. The van der Waals surface area contributed by atoms with Crippen LogP contribution in [0.15, 0.2) is 18.5 Å². The van der Waals surface area contributed by atoms with Gasteiger partial charge >= 0.3 is 0 Å². The van der Waals surface area contributed by atoms with Crippen molar-refractivity contribution in [2.24, 2.45) is 0 Å². The molecule has 0 fully saturated rings. The van der Waals surface area contributed by atoms with E-state index in [2.05, 4.69) is 11.9 Å². The summed E-state index contributed by atoms with van der Waals surface area (Å²) >= 11 is 0. The standard InChI is InChI=1S/C10H13NO/c1-3-4-9-5-6-11-7-10(9)8(2)12/h5-7H,3-4H2,1-2H3. The quantitative estimate of drug-likeness (QED) is 0.639. The minimum atomic E-state index is 0.103. The van der Waals surface area contributed by atoms with Crippen molar-refractivity contribution in [3.05, 3.63) is 29.6 Å². The number of ketones is 1. The highest BCUT2D eigenvalue weighted by molar-refractivity contribution is 5.95. The second-order valence-electron chi connectivity index (χ2n) is 2.84. The molecule has 0 spiro atoms. The predicted octanol–water partition coefficient (Wildman–Crippen LogP) is 2.24. The highest BCUT2D eigenvalue weighted by Gasteiger charge is 2.04. The van der Waals surface area contributed by atoms with E-state index in [9.17, 15) is 4.79 Å². The molecule has 1 aromatic heterocycles. The molecule has 1 rings (SSSR count). The summed E-state index contributed by atoms with van der Waals surface area (Å²) in [7, 11) is 0. The number of nitrogens with zero attached hydrogens (tertiary/aromatic N) is 1. The highest BCUT2D eigenvalue weighted by atomic mass is 16.1. The Morgan fingerprint density at radius 2 is 2.33 bits per heavy atom. The third-order valence-corrected chi connectivity index (χ3v) is 1.81. The lowest BCUT2D eigenvalue weighted by Crippen LogP contribution is -1.99. The molecule has 12 heavy (non-hydrogen) atoms. The van der Waals surface area contributed by atoms with E-state index in [0.717, 1.165) is 24.0 Å². The second-order valence-corrected chi connectivity index (χ2v) is 2.84. The van der Waals surface area contributed by atoms with Crippen molar-refractivity contribution in [3.8, 4) is 0 Å². The van der Waals surface area contributed by atoms with Gasteiger partial charge in [0, 0.05) is 18.0 Å². The maximum Gasteiger partial charge on any atom is 0.161 e. The zero-order valence-electron chi connectivity index (χ0n) is 7.50. The Morgan fingerprint density at radius 3 is 2.92 bits per heavy atom. The molecular weight excluding hydrogens is 150 g/mol. The van der Waals surface area contributed by atoms with Crippen LogP contribution >= 0.6 is 0 Å². The van der Waals surface area contributed by atoms with Crippen molar-refractivity contribution in [3.63, 3.8) is 0 Å². The molecule has 1 aromatic rings. The van der Waals surface area contributed by atoms with E-state index < -0.39 is 0 Å². The molecule has 64 valence electrons. The molecule has 0 aliphatic heterocycles. The molecule has 2 nitrogen and oxygen atoms in total. The van der Waals surface area contributed by atoms with Crippen LogP contribution in [-0.2, 0) is 6.42 Å². The molecule has 0 saturated heterocycles. The van der Waals surface area contributed by atoms with Crippen LogP contribution in [-0.4, -0.2) is 10.8 Å². The Balaban J connectivity index is 3.00. The summed E-state index contributed by atoms with van der Waals surface area (Å²) < 4.78 is 0. The van der Waals surface area contributed by atoms with Crippen LogP contribution in [0.3, 0.4) is 0 Å². The van der Waals surface area contributed by atoms with Gasteiger partial charge < -0.3 is 0 Å². The van der Waals surface area contributed by atoms with Crippen LogP contribution in [0.4, 0.5) is 0 Å². The maximum atomic E-state index is 11.1. The topological polar surface area (TPSA) is 30.0 Å². The Labute approximate surface area is 72.6 Å². The largest absolute Gasteiger partial charge is 0.294 e.